The average Bonchev–Trinajstić information content (AvgIpc) is 2.20. The molecule has 0 saturated heterocycles. The van der Waals surface area contributed by atoms with Crippen molar-refractivity contribution < 1.29 is 4.39 Å². The zero-order valence-electron chi connectivity index (χ0n) is 9.06. The van der Waals surface area contributed by atoms with Crippen molar-refractivity contribution in [3.05, 3.63) is 22.4 Å². The molecule has 0 aliphatic carbocycles. The van der Waals surface area contributed by atoms with Gasteiger partial charge < -0.3 is 10.6 Å². The average molecular weight is 275 g/mol. The second kappa shape index (κ2) is 5.35. The van der Waals surface area contributed by atoms with Gasteiger partial charge in [0.1, 0.15) is 5.82 Å². The Kier molecular flexibility index (Phi) is 4.39. The van der Waals surface area contributed by atoms with Gasteiger partial charge in [0.05, 0.1) is 15.8 Å². The summed E-state index contributed by atoms with van der Waals surface area (Å²) in [4.78, 5) is 2.04. The Balaban J connectivity index is 2.88. The second-order valence-corrected chi connectivity index (χ2v) is 4.45. The third-order valence-electron chi connectivity index (χ3n) is 2.33. The van der Waals surface area contributed by atoms with Crippen molar-refractivity contribution >= 4 is 27.3 Å². The number of benzene rings is 1. The van der Waals surface area contributed by atoms with E-state index in [0.29, 0.717) is 10.2 Å². The van der Waals surface area contributed by atoms with E-state index in [1.54, 1.807) is 6.07 Å². The third-order valence-corrected chi connectivity index (χ3v) is 2.94. The molecule has 2 nitrogen and oxygen atoms in total. The normalized spacial score (nSPS) is 10.4. The van der Waals surface area contributed by atoms with Crippen molar-refractivity contribution in [3.63, 3.8) is 0 Å². The molecule has 0 radical (unpaired) electrons. The molecular formula is C11H16BrFN2. The summed E-state index contributed by atoms with van der Waals surface area (Å²) in [7, 11) is 1.96. The van der Waals surface area contributed by atoms with E-state index in [1.807, 2.05) is 11.9 Å². The minimum absolute atomic E-state index is 0.319. The minimum atomic E-state index is -0.319. The first-order chi connectivity index (χ1) is 7.06. The van der Waals surface area contributed by atoms with E-state index in [2.05, 4.69) is 22.9 Å². The fraction of sp³-hybridized carbons (Fsp3) is 0.455. The number of nitrogens with zero attached hydrogens (tertiary/aromatic N) is 1. The number of hydrogen-bond donors (Lipinski definition) is 1. The summed E-state index contributed by atoms with van der Waals surface area (Å²) in [5.74, 6) is -0.319. The summed E-state index contributed by atoms with van der Waals surface area (Å²) in [6, 6.07) is 3.07. The molecule has 0 heterocycles. The van der Waals surface area contributed by atoms with E-state index < -0.39 is 0 Å². The Hall–Kier alpha value is -0.770. The predicted octanol–water partition coefficient (Wildman–Crippen LogP) is 3.41. The molecule has 0 aromatic heterocycles. The van der Waals surface area contributed by atoms with E-state index in [4.69, 9.17) is 5.73 Å². The molecule has 4 heteroatoms. The van der Waals surface area contributed by atoms with Crippen molar-refractivity contribution in [2.24, 2.45) is 0 Å². The lowest BCUT2D eigenvalue weighted by Gasteiger charge is -2.21. The molecule has 0 unspecified atom stereocenters. The fourth-order valence-electron chi connectivity index (χ4n) is 1.40. The molecule has 84 valence electrons. The SMILES string of the molecule is CCCCN(C)c1cc(Br)c(F)cc1N. The number of rotatable bonds is 4. The largest absolute Gasteiger partial charge is 0.397 e. The molecule has 0 fully saturated rings. The highest BCUT2D eigenvalue weighted by Gasteiger charge is 2.09. The molecule has 0 bridgehead atoms. The summed E-state index contributed by atoms with van der Waals surface area (Å²) in [5, 5.41) is 0. The van der Waals surface area contributed by atoms with Gasteiger partial charge in [-0.1, -0.05) is 13.3 Å². The highest BCUT2D eigenvalue weighted by atomic mass is 79.9. The van der Waals surface area contributed by atoms with Crippen LogP contribution in [-0.4, -0.2) is 13.6 Å². The zero-order valence-corrected chi connectivity index (χ0v) is 10.6. The van der Waals surface area contributed by atoms with Crippen molar-refractivity contribution in [3.8, 4) is 0 Å². The molecule has 0 amide bonds. The number of nitrogen functional groups attached to an aromatic ring is 1. The fourth-order valence-corrected chi connectivity index (χ4v) is 1.73. The maximum atomic E-state index is 13.1. The monoisotopic (exact) mass is 274 g/mol. The van der Waals surface area contributed by atoms with Crippen molar-refractivity contribution in [1.82, 2.24) is 0 Å². The summed E-state index contributed by atoms with van der Waals surface area (Å²) < 4.78 is 13.6. The molecule has 0 spiro atoms. The van der Waals surface area contributed by atoms with E-state index in [9.17, 15) is 4.39 Å². The van der Waals surface area contributed by atoms with Crippen LogP contribution in [0.15, 0.2) is 16.6 Å². The van der Waals surface area contributed by atoms with Gasteiger partial charge in [0.25, 0.3) is 0 Å². The van der Waals surface area contributed by atoms with E-state index >= 15 is 0 Å². The van der Waals surface area contributed by atoms with Crippen molar-refractivity contribution in [2.75, 3.05) is 24.2 Å². The quantitative estimate of drug-likeness (QED) is 0.853. The summed E-state index contributed by atoms with van der Waals surface area (Å²) in [5.41, 5.74) is 7.11. The van der Waals surface area contributed by atoms with Gasteiger partial charge in [0, 0.05) is 19.7 Å². The maximum absolute atomic E-state index is 13.1. The number of hydrogen-bond acceptors (Lipinski definition) is 2. The van der Waals surface area contributed by atoms with Gasteiger partial charge in [-0.05, 0) is 28.4 Å². The van der Waals surface area contributed by atoms with E-state index in [-0.39, 0.29) is 5.82 Å². The van der Waals surface area contributed by atoms with Crippen LogP contribution in [0.3, 0.4) is 0 Å². The van der Waals surface area contributed by atoms with Crippen LogP contribution in [-0.2, 0) is 0 Å². The Morgan fingerprint density at radius 2 is 2.13 bits per heavy atom. The molecule has 2 N–H and O–H groups in total. The minimum Gasteiger partial charge on any atom is -0.397 e. The van der Waals surface area contributed by atoms with Crippen LogP contribution >= 0.6 is 15.9 Å². The van der Waals surface area contributed by atoms with Crippen LogP contribution < -0.4 is 10.6 Å². The Bertz CT molecular complexity index is 342. The number of nitrogens with two attached hydrogens (primary N) is 1. The molecule has 1 rings (SSSR count). The number of unbranched alkanes of at least 4 members (excludes halogenated alkanes) is 1. The van der Waals surface area contributed by atoms with Gasteiger partial charge in [-0.2, -0.15) is 0 Å². The summed E-state index contributed by atoms with van der Waals surface area (Å²) in [6.45, 7) is 3.07. The number of anilines is 2. The predicted molar refractivity (Wildman–Crippen MR) is 66.7 cm³/mol. The highest BCUT2D eigenvalue weighted by Crippen LogP contribution is 2.29. The van der Waals surface area contributed by atoms with Crippen molar-refractivity contribution in [1.29, 1.82) is 0 Å². The number of halogens is 2. The zero-order chi connectivity index (χ0) is 11.4. The van der Waals surface area contributed by atoms with Crippen LogP contribution in [0, 0.1) is 5.82 Å². The molecular weight excluding hydrogens is 259 g/mol. The molecule has 15 heavy (non-hydrogen) atoms. The van der Waals surface area contributed by atoms with Crippen LogP contribution in [0.5, 0.6) is 0 Å². The molecule has 0 saturated carbocycles. The Morgan fingerprint density at radius 1 is 1.47 bits per heavy atom. The summed E-state index contributed by atoms with van der Waals surface area (Å²) >= 11 is 3.16. The van der Waals surface area contributed by atoms with Crippen LogP contribution in [0.1, 0.15) is 19.8 Å². The molecule has 1 aromatic carbocycles. The van der Waals surface area contributed by atoms with Gasteiger partial charge in [0.15, 0.2) is 0 Å². The van der Waals surface area contributed by atoms with Crippen LogP contribution in [0.4, 0.5) is 15.8 Å². The van der Waals surface area contributed by atoms with Gasteiger partial charge in [-0.15, -0.1) is 0 Å². The van der Waals surface area contributed by atoms with E-state index in [1.165, 1.54) is 6.07 Å². The summed E-state index contributed by atoms with van der Waals surface area (Å²) in [6.07, 6.45) is 2.23. The molecule has 0 aliphatic rings. The van der Waals surface area contributed by atoms with Gasteiger partial charge in [-0.3, -0.25) is 0 Å². The van der Waals surface area contributed by atoms with Gasteiger partial charge in [0.2, 0.25) is 0 Å². The lowest BCUT2D eigenvalue weighted by atomic mass is 10.2. The van der Waals surface area contributed by atoms with E-state index in [0.717, 1.165) is 25.1 Å². The maximum Gasteiger partial charge on any atom is 0.139 e. The van der Waals surface area contributed by atoms with Crippen molar-refractivity contribution in [2.45, 2.75) is 19.8 Å². The smallest absolute Gasteiger partial charge is 0.139 e. The first-order valence-corrected chi connectivity index (χ1v) is 5.81. The third kappa shape index (κ3) is 3.09. The highest BCUT2D eigenvalue weighted by molar-refractivity contribution is 9.10. The molecule has 0 atom stereocenters. The topological polar surface area (TPSA) is 29.3 Å². The van der Waals surface area contributed by atoms with Gasteiger partial charge in [-0.25, -0.2) is 4.39 Å². The van der Waals surface area contributed by atoms with Gasteiger partial charge >= 0.3 is 0 Å². The first kappa shape index (κ1) is 12.3. The molecule has 0 aliphatic heterocycles. The Labute approximate surface area is 98.4 Å². The standard InChI is InChI=1S/C11H16BrFN2/c1-3-4-5-15(2)11-6-8(12)9(13)7-10(11)14/h6-7H,3-5,14H2,1-2H3. The lowest BCUT2D eigenvalue weighted by molar-refractivity contribution is 0.621. The Morgan fingerprint density at radius 3 is 2.73 bits per heavy atom. The molecule has 1 aromatic rings. The lowest BCUT2D eigenvalue weighted by Crippen LogP contribution is -2.19. The second-order valence-electron chi connectivity index (χ2n) is 3.60. The van der Waals surface area contributed by atoms with Crippen LogP contribution in [0.2, 0.25) is 0 Å². The first-order valence-electron chi connectivity index (χ1n) is 5.02. The van der Waals surface area contributed by atoms with Crippen LogP contribution in [0.25, 0.3) is 0 Å².